The summed E-state index contributed by atoms with van der Waals surface area (Å²) in [5, 5.41) is 2.65. The number of benzene rings is 1. The zero-order valence-electron chi connectivity index (χ0n) is 18.9. The average Bonchev–Trinajstić information content (AvgIpc) is 3.33. The second-order valence-corrected chi connectivity index (χ2v) is 9.26. The number of aryl methyl sites for hydroxylation is 1. The summed E-state index contributed by atoms with van der Waals surface area (Å²) in [6.45, 7) is 4.60. The van der Waals surface area contributed by atoms with Crippen molar-refractivity contribution in [3.8, 4) is 11.4 Å². The van der Waals surface area contributed by atoms with Crippen LogP contribution in [0.25, 0.3) is 11.4 Å². The van der Waals surface area contributed by atoms with Crippen molar-refractivity contribution in [2.45, 2.75) is 24.6 Å². The van der Waals surface area contributed by atoms with Crippen LogP contribution in [0.5, 0.6) is 0 Å². The van der Waals surface area contributed by atoms with Crippen LogP contribution in [-0.2, 0) is 22.4 Å². The van der Waals surface area contributed by atoms with E-state index in [1.807, 2.05) is 6.92 Å². The minimum Gasteiger partial charge on any atom is -0.378 e. The van der Waals surface area contributed by atoms with E-state index in [-0.39, 0.29) is 5.56 Å². The Morgan fingerprint density at radius 2 is 1.94 bits per heavy atom. The number of aromatic nitrogens is 3. The van der Waals surface area contributed by atoms with E-state index in [1.165, 1.54) is 18.3 Å². The van der Waals surface area contributed by atoms with Crippen molar-refractivity contribution in [2.24, 2.45) is 0 Å². The normalized spacial score (nSPS) is 15.7. The topological polar surface area (TPSA) is 80.2 Å². The zero-order chi connectivity index (χ0) is 24.6. The van der Waals surface area contributed by atoms with Gasteiger partial charge in [-0.1, -0.05) is 6.07 Å². The molecule has 0 bridgehead atoms. The summed E-state index contributed by atoms with van der Waals surface area (Å²) in [5.74, 6) is 2.39. The summed E-state index contributed by atoms with van der Waals surface area (Å²) in [6.07, 6.45) is -3.06. The highest BCUT2D eigenvalue weighted by Gasteiger charge is 2.31. The number of morpholine rings is 1. The van der Waals surface area contributed by atoms with E-state index in [9.17, 15) is 18.0 Å². The Morgan fingerprint density at radius 1 is 1.14 bits per heavy atom. The van der Waals surface area contributed by atoms with Gasteiger partial charge < -0.3 is 15.0 Å². The summed E-state index contributed by atoms with van der Waals surface area (Å²) in [5.41, 5.74) is 2.83. The van der Waals surface area contributed by atoms with Crippen molar-refractivity contribution in [1.82, 2.24) is 15.0 Å². The van der Waals surface area contributed by atoms with Gasteiger partial charge in [0.2, 0.25) is 0 Å². The molecule has 11 heteroatoms. The number of rotatable bonds is 4. The Labute approximate surface area is 204 Å². The Bertz CT molecular complexity index is 1280. The van der Waals surface area contributed by atoms with Gasteiger partial charge in [0, 0.05) is 47.0 Å². The van der Waals surface area contributed by atoms with Gasteiger partial charge in [0.05, 0.1) is 36.4 Å². The lowest BCUT2D eigenvalue weighted by atomic mass is 10.1. The smallest absolute Gasteiger partial charge is 0.378 e. The second-order valence-electron chi connectivity index (χ2n) is 8.28. The summed E-state index contributed by atoms with van der Waals surface area (Å²) in [6, 6.07) is 6.01. The van der Waals surface area contributed by atoms with E-state index in [1.54, 1.807) is 17.8 Å². The number of ether oxygens (including phenoxy) is 1. The molecule has 35 heavy (non-hydrogen) atoms. The molecule has 2 aliphatic heterocycles. The third-order valence-corrected chi connectivity index (χ3v) is 6.87. The highest BCUT2D eigenvalue weighted by molar-refractivity contribution is 7.98. The lowest BCUT2D eigenvalue weighted by Crippen LogP contribution is -2.37. The molecule has 4 heterocycles. The molecule has 5 rings (SSSR count). The van der Waals surface area contributed by atoms with Crippen LogP contribution in [0.4, 0.5) is 24.7 Å². The summed E-state index contributed by atoms with van der Waals surface area (Å²) < 4.78 is 44.6. The minimum atomic E-state index is -4.53. The van der Waals surface area contributed by atoms with Crippen molar-refractivity contribution >= 4 is 29.2 Å². The number of nitrogens with one attached hydrogen (secondary N) is 1. The average molecular weight is 502 g/mol. The lowest BCUT2D eigenvalue weighted by Gasteiger charge is -2.29. The summed E-state index contributed by atoms with van der Waals surface area (Å²) in [4.78, 5) is 28.9. The molecule has 0 radical (unpaired) electrons. The highest BCUT2D eigenvalue weighted by Crippen LogP contribution is 2.37. The molecule has 0 unspecified atom stereocenters. The number of fused-ring (bicyclic) bond motifs is 1. The van der Waals surface area contributed by atoms with Gasteiger partial charge in [0.25, 0.3) is 5.91 Å². The number of carbonyl (C=O) groups is 1. The Morgan fingerprint density at radius 3 is 2.71 bits per heavy atom. The van der Waals surface area contributed by atoms with E-state index in [4.69, 9.17) is 14.7 Å². The number of carbonyl (C=O) groups excluding carboxylic acids is 1. The molecular weight excluding hydrogens is 479 g/mol. The number of hydrogen-bond donors (Lipinski definition) is 1. The fourth-order valence-electron chi connectivity index (χ4n) is 4.06. The second kappa shape index (κ2) is 9.46. The van der Waals surface area contributed by atoms with Gasteiger partial charge in [0.15, 0.2) is 5.82 Å². The molecule has 0 atom stereocenters. The van der Waals surface area contributed by atoms with Crippen molar-refractivity contribution in [3.63, 3.8) is 0 Å². The van der Waals surface area contributed by atoms with Crippen LogP contribution in [0.2, 0.25) is 0 Å². The zero-order valence-corrected chi connectivity index (χ0v) is 19.7. The van der Waals surface area contributed by atoms with E-state index < -0.39 is 17.6 Å². The predicted molar refractivity (Wildman–Crippen MR) is 127 cm³/mol. The van der Waals surface area contributed by atoms with Gasteiger partial charge in [-0.15, -0.1) is 0 Å². The summed E-state index contributed by atoms with van der Waals surface area (Å²) in [7, 11) is 0. The number of anilines is 2. The standard InChI is InChI=1S/C24H22F3N5O2S/c1-14-18(21-30-20-13-35-12-19(20)22(31-21)32-5-7-34-8-6-32)10-17(11-28-14)29-23(33)15-3-2-4-16(9-15)24(25,26)27/h2-4,9-11H,5-8,12-13H2,1H3,(H,29,33). The largest absolute Gasteiger partial charge is 0.416 e. The van der Waals surface area contributed by atoms with Crippen molar-refractivity contribution in [2.75, 3.05) is 36.5 Å². The molecule has 0 aliphatic carbocycles. The third-order valence-electron chi connectivity index (χ3n) is 5.90. The van der Waals surface area contributed by atoms with E-state index >= 15 is 0 Å². The highest BCUT2D eigenvalue weighted by atomic mass is 32.2. The van der Waals surface area contributed by atoms with Crippen LogP contribution >= 0.6 is 11.8 Å². The third kappa shape index (κ3) is 4.96. The van der Waals surface area contributed by atoms with Gasteiger partial charge in [0.1, 0.15) is 5.82 Å². The van der Waals surface area contributed by atoms with Crippen LogP contribution in [0.3, 0.4) is 0 Å². The molecule has 7 nitrogen and oxygen atoms in total. The van der Waals surface area contributed by atoms with Gasteiger partial charge in [-0.2, -0.15) is 24.9 Å². The number of hydrogen-bond acceptors (Lipinski definition) is 7. The van der Waals surface area contributed by atoms with Crippen LogP contribution < -0.4 is 10.2 Å². The molecule has 2 aromatic heterocycles. The SMILES string of the molecule is Cc1ncc(NC(=O)c2cccc(C(F)(F)F)c2)cc1-c1nc2c(c(N3CCOCC3)n1)CSC2. The first-order valence-electron chi connectivity index (χ1n) is 11.1. The van der Waals surface area contributed by atoms with E-state index in [2.05, 4.69) is 15.2 Å². The monoisotopic (exact) mass is 501 g/mol. The van der Waals surface area contributed by atoms with Gasteiger partial charge in [-0.3, -0.25) is 9.78 Å². The van der Waals surface area contributed by atoms with Crippen LogP contribution in [0.15, 0.2) is 36.5 Å². The summed E-state index contributed by atoms with van der Waals surface area (Å²) >= 11 is 1.79. The number of pyridine rings is 1. The molecule has 0 spiro atoms. The molecule has 3 aromatic rings. The molecule has 1 fully saturated rings. The lowest BCUT2D eigenvalue weighted by molar-refractivity contribution is -0.137. The minimum absolute atomic E-state index is 0.0950. The first kappa shape index (κ1) is 23.6. The van der Waals surface area contributed by atoms with Crippen molar-refractivity contribution in [1.29, 1.82) is 0 Å². The Hall–Kier alpha value is -3.18. The molecule has 1 aromatic carbocycles. The van der Waals surface area contributed by atoms with Gasteiger partial charge in [-0.25, -0.2) is 9.97 Å². The molecule has 0 saturated carbocycles. The molecular formula is C24H22F3N5O2S. The van der Waals surface area contributed by atoms with Gasteiger partial charge in [-0.05, 0) is 31.2 Å². The Kier molecular flexibility index (Phi) is 6.37. The first-order valence-corrected chi connectivity index (χ1v) is 12.2. The molecule has 1 saturated heterocycles. The van der Waals surface area contributed by atoms with Crippen molar-refractivity contribution in [3.05, 3.63) is 64.6 Å². The number of thioether (sulfide) groups is 1. The van der Waals surface area contributed by atoms with E-state index in [0.29, 0.717) is 36.0 Å². The maximum absolute atomic E-state index is 13.0. The maximum atomic E-state index is 13.0. The number of alkyl halides is 3. The van der Waals surface area contributed by atoms with Crippen molar-refractivity contribution < 1.29 is 22.7 Å². The molecule has 182 valence electrons. The number of halogens is 3. The molecule has 1 amide bonds. The van der Waals surface area contributed by atoms with E-state index in [0.717, 1.165) is 53.8 Å². The fraction of sp³-hybridized carbons (Fsp3) is 0.333. The molecule has 2 aliphatic rings. The fourth-order valence-corrected chi connectivity index (χ4v) is 5.09. The Balaban J connectivity index is 1.46. The van der Waals surface area contributed by atoms with Crippen LogP contribution in [-0.4, -0.2) is 47.2 Å². The quantitative estimate of drug-likeness (QED) is 0.555. The predicted octanol–water partition coefficient (Wildman–Crippen LogP) is 4.70. The maximum Gasteiger partial charge on any atom is 0.416 e. The molecule has 1 N–H and O–H groups in total. The number of nitrogens with zero attached hydrogens (tertiary/aromatic N) is 4. The number of amides is 1. The first-order chi connectivity index (χ1) is 16.8. The van der Waals surface area contributed by atoms with Gasteiger partial charge >= 0.3 is 6.18 Å². The van der Waals surface area contributed by atoms with Crippen LogP contribution in [0, 0.1) is 6.92 Å². The van der Waals surface area contributed by atoms with Crippen LogP contribution in [0.1, 0.15) is 32.9 Å².